The summed E-state index contributed by atoms with van der Waals surface area (Å²) in [5, 5.41) is 19.6. The summed E-state index contributed by atoms with van der Waals surface area (Å²) >= 11 is 1.13. The van der Waals surface area contributed by atoms with E-state index < -0.39 is 12.1 Å². The molecule has 1 aliphatic heterocycles. The van der Waals surface area contributed by atoms with Crippen molar-refractivity contribution in [2.24, 2.45) is 5.92 Å². The third kappa shape index (κ3) is 7.59. The largest absolute Gasteiger partial charge is 0.477 e. The van der Waals surface area contributed by atoms with E-state index in [2.05, 4.69) is 43.0 Å². The van der Waals surface area contributed by atoms with Crippen LogP contribution in [0.2, 0.25) is 0 Å². The Bertz CT molecular complexity index is 1020. The standard InChI is InChI=1S/C27H31NO4S/c1-20(8-5-6-11-21-9-3-2-4-10-21)24(29)16-13-22-14-18-26(30)28(22)19-7-12-23-15-17-25(33-23)27(31)32/h2-4,9-10,13,15-17,20,22,24,29H,5-6,8,11,14,18-19H2,1H3,(H,31,32)/t20-,22?,24+/m0/s1. The number of amides is 1. The van der Waals surface area contributed by atoms with Gasteiger partial charge in [0.05, 0.1) is 23.6 Å². The van der Waals surface area contributed by atoms with Crippen LogP contribution in [-0.4, -0.2) is 45.7 Å². The molecule has 1 aromatic carbocycles. The van der Waals surface area contributed by atoms with Crippen molar-refractivity contribution in [3.8, 4) is 11.8 Å². The highest BCUT2D eigenvalue weighted by Crippen LogP contribution is 2.21. The molecule has 174 valence electrons. The summed E-state index contributed by atoms with van der Waals surface area (Å²) in [7, 11) is 0. The number of carbonyl (C=O) groups excluding carboxylic acids is 1. The molecule has 2 N–H and O–H groups in total. The molecular formula is C27H31NO4S. The van der Waals surface area contributed by atoms with Gasteiger partial charge in [-0.3, -0.25) is 4.79 Å². The van der Waals surface area contributed by atoms with Crippen LogP contribution in [0.5, 0.6) is 0 Å². The van der Waals surface area contributed by atoms with Crippen molar-refractivity contribution in [3.63, 3.8) is 0 Å². The number of hydrogen-bond acceptors (Lipinski definition) is 4. The number of benzene rings is 1. The molecule has 2 heterocycles. The first-order valence-electron chi connectivity index (χ1n) is 11.5. The molecular weight excluding hydrogens is 434 g/mol. The zero-order valence-electron chi connectivity index (χ0n) is 18.9. The highest BCUT2D eigenvalue weighted by atomic mass is 32.1. The second-order valence-electron chi connectivity index (χ2n) is 8.48. The van der Waals surface area contributed by atoms with Crippen molar-refractivity contribution in [3.05, 3.63) is 69.9 Å². The van der Waals surface area contributed by atoms with Crippen molar-refractivity contribution in [1.82, 2.24) is 4.90 Å². The first-order valence-corrected chi connectivity index (χ1v) is 12.3. The molecule has 1 amide bonds. The van der Waals surface area contributed by atoms with E-state index in [1.54, 1.807) is 11.0 Å². The van der Waals surface area contributed by atoms with E-state index >= 15 is 0 Å². The maximum atomic E-state index is 12.3. The summed E-state index contributed by atoms with van der Waals surface area (Å²) in [6.07, 6.45) is 8.60. The second-order valence-corrected chi connectivity index (χ2v) is 9.57. The highest BCUT2D eigenvalue weighted by Gasteiger charge is 2.28. The lowest BCUT2D eigenvalue weighted by atomic mass is 9.95. The Balaban J connectivity index is 1.45. The van der Waals surface area contributed by atoms with Gasteiger partial charge in [-0.2, -0.15) is 0 Å². The first-order chi connectivity index (χ1) is 15.9. The highest BCUT2D eigenvalue weighted by molar-refractivity contribution is 7.14. The summed E-state index contributed by atoms with van der Waals surface area (Å²) in [4.78, 5) is 25.9. The molecule has 0 aliphatic carbocycles. The topological polar surface area (TPSA) is 77.8 Å². The van der Waals surface area contributed by atoms with Gasteiger partial charge >= 0.3 is 5.97 Å². The molecule has 3 atom stereocenters. The molecule has 6 heteroatoms. The van der Waals surface area contributed by atoms with Gasteiger partial charge in [0.25, 0.3) is 0 Å². The molecule has 0 spiro atoms. The van der Waals surface area contributed by atoms with Crippen LogP contribution in [0.1, 0.15) is 59.1 Å². The van der Waals surface area contributed by atoms with Crippen molar-refractivity contribution in [2.45, 2.75) is 57.6 Å². The van der Waals surface area contributed by atoms with Gasteiger partial charge in [-0.1, -0.05) is 67.7 Å². The Labute approximate surface area is 199 Å². The Morgan fingerprint density at radius 1 is 1.24 bits per heavy atom. The van der Waals surface area contributed by atoms with Crippen LogP contribution in [0.25, 0.3) is 0 Å². The van der Waals surface area contributed by atoms with Gasteiger partial charge < -0.3 is 15.1 Å². The number of hydrogen-bond donors (Lipinski definition) is 2. The minimum atomic E-state index is -0.961. The summed E-state index contributed by atoms with van der Waals surface area (Å²) in [6, 6.07) is 13.6. The van der Waals surface area contributed by atoms with Crippen LogP contribution in [0.15, 0.2) is 54.6 Å². The molecule has 1 aliphatic rings. The van der Waals surface area contributed by atoms with Gasteiger partial charge in [-0.15, -0.1) is 11.3 Å². The molecule has 1 saturated heterocycles. The number of carboxylic acids is 1. The number of carboxylic acid groups (broad SMARTS) is 1. The number of carbonyl (C=O) groups is 2. The summed E-state index contributed by atoms with van der Waals surface area (Å²) in [6.45, 7) is 2.35. The minimum absolute atomic E-state index is 0.0554. The Kier molecular flexibility index (Phi) is 9.29. The number of thiophene rings is 1. The maximum Gasteiger partial charge on any atom is 0.345 e. The fourth-order valence-electron chi connectivity index (χ4n) is 3.94. The van der Waals surface area contributed by atoms with Crippen molar-refractivity contribution in [1.29, 1.82) is 0 Å². The molecule has 1 unspecified atom stereocenters. The van der Waals surface area contributed by atoms with Gasteiger partial charge in [0, 0.05) is 6.42 Å². The number of aromatic carboxylic acids is 1. The van der Waals surface area contributed by atoms with E-state index in [1.165, 1.54) is 11.6 Å². The smallest absolute Gasteiger partial charge is 0.345 e. The fourth-order valence-corrected chi connectivity index (χ4v) is 4.66. The average Bonchev–Trinajstić information content (AvgIpc) is 3.43. The van der Waals surface area contributed by atoms with Crippen molar-refractivity contribution >= 4 is 23.2 Å². The van der Waals surface area contributed by atoms with E-state index in [9.17, 15) is 14.7 Å². The van der Waals surface area contributed by atoms with E-state index in [4.69, 9.17) is 5.11 Å². The van der Waals surface area contributed by atoms with Crippen LogP contribution < -0.4 is 0 Å². The lowest BCUT2D eigenvalue weighted by molar-refractivity contribution is -0.127. The lowest BCUT2D eigenvalue weighted by Gasteiger charge is -2.21. The number of nitrogens with zero attached hydrogens (tertiary/aromatic N) is 1. The Morgan fingerprint density at radius 3 is 2.76 bits per heavy atom. The van der Waals surface area contributed by atoms with Gasteiger partial charge in [-0.05, 0) is 49.3 Å². The normalized spacial score (nSPS) is 17.7. The third-order valence-electron chi connectivity index (χ3n) is 5.98. The molecule has 2 aromatic rings. The summed E-state index contributed by atoms with van der Waals surface area (Å²) in [5.41, 5.74) is 1.35. The lowest BCUT2D eigenvalue weighted by Crippen LogP contribution is -2.32. The average molecular weight is 466 g/mol. The van der Waals surface area contributed by atoms with Gasteiger partial charge in [-0.25, -0.2) is 4.79 Å². The zero-order valence-corrected chi connectivity index (χ0v) is 19.8. The first kappa shape index (κ1) is 24.8. The van der Waals surface area contributed by atoms with E-state index in [0.717, 1.165) is 43.4 Å². The number of unbranched alkanes of at least 4 members (excludes halogenated alkanes) is 1. The number of aryl methyl sites for hydroxylation is 1. The monoisotopic (exact) mass is 465 g/mol. The summed E-state index contributed by atoms with van der Waals surface area (Å²) in [5.74, 6) is 5.19. The van der Waals surface area contributed by atoms with Crippen LogP contribution in [0, 0.1) is 17.8 Å². The molecule has 33 heavy (non-hydrogen) atoms. The molecule has 1 fully saturated rings. The fraction of sp³-hybridized carbons (Fsp3) is 0.407. The molecule has 3 rings (SSSR count). The number of aliphatic hydroxyl groups excluding tert-OH is 1. The Morgan fingerprint density at radius 2 is 2.03 bits per heavy atom. The second kappa shape index (κ2) is 12.4. The Hall–Kier alpha value is -2.88. The summed E-state index contributed by atoms with van der Waals surface area (Å²) < 4.78 is 0. The van der Waals surface area contributed by atoms with Crippen LogP contribution in [-0.2, 0) is 11.2 Å². The minimum Gasteiger partial charge on any atom is -0.477 e. The quantitative estimate of drug-likeness (QED) is 0.301. The molecule has 0 radical (unpaired) electrons. The van der Waals surface area contributed by atoms with Gasteiger partial charge in [0.15, 0.2) is 0 Å². The van der Waals surface area contributed by atoms with E-state index in [-0.39, 0.29) is 22.7 Å². The van der Waals surface area contributed by atoms with Gasteiger partial charge in [0.2, 0.25) is 5.91 Å². The molecule has 5 nitrogen and oxygen atoms in total. The zero-order chi connectivity index (χ0) is 23.6. The molecule has 1 aromatic heterocycles. The van der Waals surface area contributed by atoms with E-state index in [1.807, 2.05) is 18.2 Å². The molecule has 0 bridgehead atoms. The molecule has 0 saturated carbocycles. The third-order valence-corrected chi connectivity index (χ3v) is 6.97. The van der Waals surface area contributed by atoms with Crippen molar-refractivity contribution < 1.29 is 19.8 Å². The predicted octanol–water partition coefficient (Wildman–Crippen LogP) is 4.76. The van der Waals surface area contributed by atoms with Crippen LogP contribution in [0.3, 0.4) is 0 Å². The SMILES string of the molecule is C[C@@H](CCCCc1ccccc1)[C@H](O)C=CC1CCC(=O)N1CC#Cc1ccc(C(=O)O)s1. The maximum absolute atomic E-state index is 12.3. The number of likely N-dealkylation sites (tertiary alicyclic amines) is 1. The van der Waals surface area contributed by atoms with Crippen LogP contribution in [0.4, 0.5) is 0 Å². The van der Waals surface area contributed by atoms with Crippen LogP contribution >= 0.6 is 11.3 Å². The number of rotatable bonds is 10. The van der Waals surface area contributed by atoms with E-state index in [0.29, 0.717) is 17.8 Å². The van der Waals surface area contributed by atoms with Gasteiger partial charge in [0.1, 0.15) is 4.88 Å². The predicted molar refractivity (Wildman–Crippen MR) is 131 cm³/mol. The number of aliphatic hydroxyl groups is 1. The van der Waals surface area contributed by atoms with Crippen molar-refractivity contribution in [2.75, 3.05) is 6.54 Å².